The Morgan fingerprint density at radius 1 is 1.29 bits per heavy atom. The van der Waals surface area contributed by atoms with Gasteiger partial charge in [-0.05, 0) is 24.0 Å². The number of anilines is 1. The van der Waals surface area contributed by atoms with Crippen LogP contribution in [0.1, 0.15) is 5.56 Å². The van der Waals surface area contributed by atoms with E-state index >= 15 is 0 Å². The zero-order valence-corrected chi connectivity index (χ0v) is 13.7. The number of amides is 2. The smallest absolute Gasteiger partial charge is 0.394 e. The Labute approximate surface area is 141 Å². The highest BCUT2D eigenvalue weighted by molar-refractivity contribution is 7.97. The van der Waals surface area contributed by atoms with Gasteiger partial charge in [0.1, 0.15) is 0 Å². The number of alkyl halides is 3. The van der Waals surface area contributed by atoms with Crippen LogP contribution >= 0.6 is 11.8 Å². The van der Waals surface area contributed by atoms with Crippen molar-refractivity contribution in [3.8, 4) is 0 Å². The number of halogens is 3. The Kier molecular flexibility index (Phi) is 5.63. The van der Waals surface area contributed by atoms with Gasteiger partial charge < -0.3 is 15.3 Å². The van der Waals surface area contributed by atoms with Gasteiger partial charge in [-0.25, -0.2) is 4.79 Å². The van der Waals surface area contributed by atoms with Crippen LogP contribution in [0.25, 0.3) is 0 Å². The maximum absolute atomic E-state index is 12.9. The predicted octanol–water partition coefficient (Wildman–Crippen LogP) is 3.28. The number of nitrogens with one attached hydrogen (secondary N) is 1. The van der Waals surface area contributed by atoms with E-state index in [1.807, 2.05) is 18.4 Å². The maximum Gasteiger partial charge on any atom is 0.394 e. The monoisotopic (exact) mass is 362 g/mol. The number of carbonyl (C=O) groups excluding carboxylic acids is 1. The van der Waals surface area contributed by atoms with Crippen LogP contribution in [0.3, 0.4) is 0 Å². The van der Waals surface area contributed by atoms with Gasteiger partial charge in [0, 0.05) is 24.5 Å². The normalized spacial score (nSPS) is 20.9. The van der Waals surface area contributed by atoms with E-state index in [4.69, 9.17) is 5.11 Å². The summed E-state index contributed by atoms with van der Waals surface area (Å²) in [6, 6.07) is 6.22. The molecular formula is C15H17F3N2O3S. The van der Waals surface area contributed by atoms with E-state index in [0.29, 0.717) is 5.69 Å². The third-order valence-corrected chi connectivity index (χ3v) is 4.48. The molecule has 1 fully saturated rings. The number of aliphatic carboxylic acids is 1. The van der Waals surface area contributed by atoms with E-state index < -0.39 is 43.1 Å². The summed E-state index contributed by atoms with van der Waals surface area (Å²) in [4.78, 5) is 24.0. The van der Waals surface area contributed by atoms with Crippen molar-refractivity contribution in [2.45, 2.75) is 11.9 Å². The van der Waals surface area contributed by atoms with Crippen molar-refractivity contribution in [3.63, 3.8) is 0 Å². The van der Waals surface area contributed by atoms with E-state index in [9.17, 15) is 22.8 Å². The fourth-order valence-electron chi connectivity index (χ4n) is 2.61. The first-order valence-corrected chi connectivity index (χ1v) is 8.55. The van der Waals surface area contributed by atoms with E-state index in [-0.39, 0.29) is 0 Å². The topological polar surface area (TPSA) is 69.6 Å². The minimum atomic E-state index is -4.66. The lowest BCUT2D eigenvalue weighted by molar-refractivity contribution is -0.187. The van der Waals surface area contributed by atoms with Crippen LogP contribution in [0.5, 0.6) is 0 Å². The van der Waals surface area contributed by atoms with Crippen LogP contribution in [0.4, 0.5) is 23.7 Å². The second-order valence-electron chi connectivity index (χ2n) is 5.56. The molecule has 2 N–H and O–H groups in total. The molecule has 1 aliphatic rings. The first-order chi connectivity index (χ1) is 11.2. The third kappa shape index (κ3) is 4.34. The first-order valence-electron chi connectivity index (χ1n) is 7.15. The van der Waals surface area contributed by atoms with Crippen molar-refractivity contribution in [2.24, 2.45) is 11.8 Å². The van der Waals surface area contributed by atoms with Crippen molar-refractivity contribution in [3.05, 3.63) is 29.8 Å². The molecule has 2 rings (SSSR count). The van der Waals surface area contributed by atoms with Crippen molar-refractivity contribution >= 4 is 29.4 Å². The molecule has 1 saturated heterocycles. The summed E-state index contributed by atoms with van der Waals surface area (Å²) in [5, 5.41) is 11.5. The summed E-state index contributed by atoms with van der Waals surface area (Å²) in [5.41, 5.74) is 1.51. The molecule has 0 bridgehead atoms. The summed E-state index contributed by atoms with van der Waals surface area (Å²) < 4.78 is 38.8. The van der Waals surface area contributed by atoms with Gasteiger partial charge in [0.2, 0.25) is 0 Å². The summed E-state index contributed by atoms with van der Waals surface area (Å²) in [7, 11) is 0. The molecule has 132 valence electrons. The van der Waals surface area contributed by atoms with Gasteiger partial charge in [-0.3, -0.25) is 4.79 Å². The average molecular weight is 362 g/mol. The summed E-state index contributed by atoms with van der Waals surface area (Å²) >= 11 is 1.64. The number of nitrogens with zero attached hydrogens (tertiary/aromatic N) is 1. The molecule has 24 heavy (non-hydrogen) atoms. The van der Waals surface area contributed by atoms with E-state index in [2.05, 4.69) is 5.32 Å². The van der Waals surface area contributed by atoms with Gasteiger partial charge in [-0.1, -0.05) is 12.1 Å². The molecule has 2 atom stereocenters. The Bertz CT molecular complexity index is 607. The number of hydrogen-bond acceptors (Lipinski definition) is 3. The number of likely N-dealkylation sites (tertiary alicyclic amines) is 1. The second-order valence-corrected chi connectivity index (χ2v) is 6.42. The standard InChI is InChI=1S/C15H17F3N2O3S/c1-24-8-9-2-4-10(5-3-9)19-14(23)20-6-11(13(21)22)12(7-20)15(16,17)18/h2-5,11-12H,6-8H2,1H3,(H,19,23)(H,21,22)/t11-,12-/m1/s1. The number of carbonyl (C=O) groups is 2. The number of rotatable bonds is 4. The second kappa shape index (κ2) is 7.33. The number of hydrogen-bond donors (Lipinski definition) is 2. The largest absolute Gasteiger partial charge is 0.481 e. The molecule has 0 radical (unpaired) electrons. The molecule has 1 aliphatic heterocycles. The number of carboxylic acids is 1. The van der Waals surface area contributed by atoms with Gasteiger partial charge in [0.25, 0.3) is 0 Å². The number of urea groups is 1. The van der Waals surface area contributed by atoms with E-state index in [1.165, 1.54) is 0 Å². The molecule has 9 heteroatoms. The number of thioether (sulfide) groups is 1. The van der Waals surface area contributed by atoms with Crippen molar-refractivity contribution in [1.29, 1.82) is 0 Å². The van der Waals surface area contributed by atoms with Gasteiger partial charge in [0.05, 0.1) is 11.8 Å². The predicted molar refractivity (Wildman–Crippen MR) is 84.9 cm³/mol. The highest BCUT2D eigenvalue weighted by Gasteiger charge is 2.53. The molecule has 1 aromatic carbocycles. The zero-order chi connectivity index (χ0) is 17.9. The van der Waals surface area contributed by atoms with Crippen LogP contribution < -0.4 is 5.32 Å². The minimum absolute atomic E-state index is 0.451. The van der Waals surface area contributed by atoms with Crippen LogP contribution in [0.2, 0.25) is 0 Å². The summed E-state index contributed by atoms with van der Waals surface area (Å²) in [5.74, 6) is -4.42. The molecule has 1 heterocycles. The molecular weight excluding hydrogens is 345 g/mol. The fraction of sp³-hybridized carbons (Fsp3) is 0.467. The highest BCUT2D eigenvalue weighted by atomic mass is 32.2. The molecule has 0 aliphatic carbocycles. The molecule has 0 aromatic heterocycles. The lowest BCUT2D eigenvalue weighted by Gasteiger charge is -2.18. The van der Waals surface area contributed by atoms with Gasteiger partial charge in [0.15, 0.2) is 0 Å². The highest BCUT2D eigenvalue weighted by Crippen LogP contribution is 2.37. The van der Waals surface area contributed by atoms with Crippen molar-refractivity contribution in [1.82, 2.24) is 4.90 Å². The van der Waals surface area contributed by atoms with Crippen LogP contribution in [0, 0.1) is 11.8 Å². The quantitative estimate of drug-likeness (QED) is 0.863. The summed E-state index contributed by atoms with van der Waals surface area (Å²) in [6.07, 6.45) is -2.70. The molecule has 2 amide bonds. The van der Waals surface area contributed by atoms with Crippen molar-refractivity contribution < 1.29 is 27.9 Å². The number of carboxylic acid groups (broad SMARTS) is 1. The van der Waals surface area contributed by atoms with E-state index in [1.54, 1.807) is 23.9 Å². The maximum atomic E-state index is 12.9. The molecule has 0 saturated carbocycles. The molecule has 0 unspecified atom stereocenters. The van der Waals surface area contributed by atoms with Gasteiger partial charge >= 0.3 is 18.2 Å². The average Bonchev–Trinajstić information content (AvgIpc) is 2.95. The summed E-state index contributed by atoms with van der Waals surface area (Å²) in [6.45, 7) is -1.12. The Morgan fingerprint density at radius 2 is 1.92 bits per heavy atom. The number of benzene rings is 1. The Morgan fingerprint density at radius 3 is 2.38 bits per heavy atom. The first kappa shape index (κ1) is 18.4. The van der Waals surface area contributed by atoms with Crippen LogP contribution in [-0.2, 0) is 10.5 Å². The lowest BCUT2D eigenvalue weighted by atomic mass is 9.96. The Balaban J connectivity index is 2.03. The molecule has 1 aromatic rings. The van der Waals surface area contributed by atoms with E-state index in [0.717, 1.165) is 16.2 Å². The SMILES string of the molecule is CSCc1ccc(NC(=O)N2C[C@@H](C(F)(F)F)[C@H](C(=O)O)C2)cc1. The minimum Gasteiger partial charge on any atom is -0.481 e. The third-order valence-electron chi connectivity index (χ3n) is 3.86. The van der Waals surface area contributed by atoms with Gasteiger partial charge in [-0.15, -0.1) is 0 Å². The van der Waals surface area contributed by atoms with Crippen molar-refractivity contribution in [2.75, 3.05) is 24.7 Å². The molecule has 5 nitrogen and oxygen atoms in total. The van der Waals surface area contributed by atoms with Crippen LogP contribution in [0.15, 0.2) is 24.3 Å². The zero-order valence-electron chi connectivity index (χ0n) is 12.8. The Hall–Kier alpha value is -1.90. The molecule has 0 spiro atoms. The van der Waals surface area contributed by atoms with Gasteiger partial charge in [-0.2, -0.15) is 24.9 Å². The lowest BCUT2D eigenvalue weighted by Crippen LogP contribution is -2.35. The fourth-order valence-corrected chi connectivity index (χ4v) is 3.13. The van der Waals surface area contributed by atoms with Crippen LogP contribution in [-0.4, -0.2) is 47.5 Å².